The van der Waals surface area contributed by atoms with E-state index in [-0.39, 0.29) is 0 Å². The maximum atomic E-state index is 6.03. The van der Waals surface area contributed by atoms with E-state index < -0.39 is 8.56 Å². The summed E-state index contributed by atoms with van der Waals surface area (Å²) in [4.78, 5) is 0. The Kier molecular flexibility index (Phi) is 12.3. The van der Waals surface area contributed by atoms with Gasteiger partial charge < -0.3 is 8.85 Å². The lowest BCUT2D eigenvalue weighted by Gasteiger charge is -2.24. The number of rotatable bonds is 15. The zero-order chi connectivity index (χ0) is 18.4. The van der Waals surface area contributed by atoms with Crippen LogP contribution in [0, 0.1) is 0 Å². The molecule has 25 heavy (non-hydrogen) atoms. The van der Waals surface area contributed by atoms with Gasteiger partial charge in [-0.3, -0.25) is 0 Å². The molecule has 1 aromatic carbocycles. The number of hydrogen-bond acceptors (Lipinski definition) is 2. The summed E-state index contributed by atoms with van der Waals surface area (Å²) in [5.74, 6) is 0.808. The molecule has 1 rings (SSSR count). The van der Waals surface area contributed by atoms with E-state index in [2.05, 4.69) is 20.0 Å². The van der Waals surface area contributed by atoms with E-state index in [0.29, 0.717) is 5.02 Å². The van der Waals surface area contributed by atoms with Crippen molar-refractivity contribution in [2.75, 3.05) is 6.61 Å². The Morgan fingerprint density at radius 2 is 1.40 bits per heavy atom. The van der Waals surface area contributed by atoms with Crippen LogP contribution in [0.2, 0.25) is 18.1 Å². The van der Waals surface area contributed by atoms with Crippen molar-refractivity contribution in [1.29, 1.82) is 0 Å². The molecule has 0 heterocycles. The highest BCUT2D eigenvalue weighted by Gasteiger charge is 2.26. The fraction of sp³-hybridized carbons (Fsp3) is 0.714. The lowest BCUT2D eigenvalue weighted by atomic mass is 10.1. The van der Waals surface area contributed by atoms with Crippen molar-refractivity contribution in [2.24, 2.45) is 0 Å². The van der Waals surface area contributed by atoms with Crippen molar-refractivity contribution in [2.45, 2.75) is 90.6 Å². The number of halogens is 1. The first kappa shape index (κ1) is 22.5. The molecule has 0 fully saturated rings. The molecule has 0 saturated heterocycles. The van der Waals surface area contributed by atoms with E-state index in [1.54, 1.807) is 0 Å². The van der Waals surface area contributed by atoms with Crippen molar-refractivity contribution in [3.8, 4) is 5.75 Å². The third-order valence-corrected chi connectivity index (χ3v) is 6.22. The third-order valence-electron chi connectivity index (χ3n) is 4.36. The number of benzene rings is 1. The second kappa shape index (κ2) is 13.7. The van der Waals surface area contributed by atoms with Gasteiger partial charge in [0, 0.05) is 11.6 Å². The summed E-state index contributed by atoms with van der Waals surface area (Å²) in [6, 6.07) is 7.55. The SMILES string of the molecule is CCCCCCCCCCCCCO[Si](C)(C)Oc1cccc(Cl)c1. The van der Waals surface area contributed by atoms with Gasteiger partial charge in [-0.15, -0.1) is 0 Å². The summed E-state index contributed by atoms with van der Waals surface area (Å²) < 4.78 is 12.0. The Hall–Kier alpha value is -0.513. The van der Waals surface area contributed by atoms with Gasteiger partial charge in [0.15, 0.2) is 0 Å². The summed E-state index contributed by atoms with van der Waals surface area (Å²) in [5.41, 5.74) is 0. The average Bonchev–Trinajstić information content (AvgIpc) is 2.55. The second-order valence-electron chi connectivity index (χ2n) is 7.34. The van der Waals surface area contributed by atoms with Gasteiger partial charge >= 0.3 is 8.56 Å². The van der Waals surface area contributed by atoms with Crippen LogP contribution in [0.1, 0.15) is 77.6 Å². The highest BCUT2D eigenvalue weighted by Crippen LogP contribution is 2.21. The van der Waals surface area contributed by atoms with E-state index in [1.807, 2.05) is 24.3 Å². The fourth-order valence-electron chi connectivity index (χ4n) is 2.93. The van der Waals surface area contributed by atoms with E-state index in [9.17, 15) is 0 Å². The molecule has 0 N–H and O–H groups in total. The summed E-state index contributed by atoms with van der Waals surface area (Å²) >= 11 is 6.00. The van der Waals surface area contributed by atoms with Crippen LogP contribution in [-0.2, 0) is 4.43 Å². The molecule has 0 unspecified atom stereocenters. The predicted octanol–water partition coefficient (Wildman–Crippen LogP) is 7.75. The zero-order valence-corrected chi connectivity index (χ0v) is 18.2. The van der Waals surface area contributed by atoms with Gasteiger partial charge in [0.1, 0.15) is 5.75 Å². The van der Waals surface area contributed by atoms with Crippen LogP contribution in [0.3, 0.4) is 0 Å². The lowest BCUT2D eigenvalue weighted by Crippen LogP contribution is -2.38. The predicted molar refractivity (Wildman–Crippen MR) is 112 cm³/mol. The molecule has 4 heteroatoms. The summed E-state index contributed by atoms with van der Waals surface area (Å²) in [7, 11) is -2.12. The molecule has 0 saturated carbocycles. The van der Waals surface area contributed by atoms with Crippen LogP contribution in [0.25, 0.3) is 0 Å². The number of unbranched alkanes of at least 4 members (excludes halogenated alkanes) is 10. The fourth-order valence-corrected chi connectivity index (χ4v) is 4.50. The lowest BCUT2D eigenvalue weighted by molar-refractivity contribution is 0.240. The Bertz CT molecular complexity index is 451. The molecule has 0 aliphatic rings. The van der Waals surface area contributed by atoms with Crippen LogP contribution >= 0.6 is 11.6 Å². The molecule has 144 valence electrons. The highest BCUT2D eigenvalue weighted by atomic mass is 35.5. The molecule has 0 bridgehead atoms. The molecule has 0 aromatic heterocycles. The third kappa shape index (κ3) is 12.5. The first-order chi connectivity index (χ1) is 12.0. The molecule has 1 aromatic rings. The molecule has 0 aliphatic carbocycles. The normalized spacial score (nSPS) is 11.7. The Labute approximate surface area is 161 Å². The monoisotopic (exact) mass is 384 g/mol. The standard InChI is InChI=1S/C21H37ClO2Si/c1-4-5-6-7-8-9-10-11-12-13-14-18-23-25(2,3)24-21-17-15-16-20(22)19-21/h15-17,19H,4-14,18H2,1-3H3. The zero-order valence-electron chi connectivity index (χ0n) is 16.5. The highest BCUT2D eigenvalue weighted by molar-refractivity contribution is 6.65. The van der Waals surface area contributed by atoms with Crippen molar-refractivity contribution in [1.82, 2.24) is 0 Å². The number of hydrogen-bond donors (Lipinski definition) is 0. The van der Waals surface area contributed by atoms with Gasteiger partial charge in [-0.1, -0.05) is 88.8 Å². The van der Waals surface area contributed by atoms with Crippen LogP contribution in [0.15, 0.2) is 24.3 Å². The largest absolute Gasteiger partial charge is 0.520 e. The molecule has 0 aliphatic heterocycles. The Morgan fingerprint density at radius 1 is 0.840 bits per heavy atom. The maximum Gasteiger partial charge on any atom is 0.392 e. The van der Waals surface area contributed by atoms with E-state index in [1.165, 1.54) is 64.2 Å². The van der Waals surface area contributed by atoms with E-state index in [0.717, 1.165) is 18.8 Å². The topological polar surface area (TPSA) is 18.5 Å². The maximum absolute atomic E-state index is 6.03. The van der Waals surface area contributed by atoms with Crippen LogP contribution in [0.5, 0.6) is 5.75 Å². The Balaban J connectivity index is 1.98. The first-order valence-electron chi connectivity index (χ1n) is 10.1. The minimum absolute atomic E-state index is 0.702. The van der Waals surface area contributed by atoms with Crippen molar-refractivity contribution < 1.29 is 8.85 Å². The quantitative estimate of drug-likeness (QED) is 0.227. The van der Waals surface area contributed by atoms with Gasteiger partial charge in [0.2, 0.25) is 0 Å². The van der Waals surface area contributed by atoms with Crippen LogP contribution < -0.4 is 4.43 Å². The summed E-state index contributed by atoms with van der Waals surface area (Å²) in [6.45, 7) is 7.26. The van der Waals surface area contributed by atoms with Gasteiger partial charge in [0.05, 0.1) is 0 Å². The van der Waals surface area contributed by atoms with Gasteiger partial charge in [-0.25, -0.2) is 0 Å². The van der Waals surface area contributed by atoms with Crippen molar-refractivity contribution >= 4 is 20.2 Å². The van der Waals surface area contributed by atoms with Crippen LogP contribution in [0.4, 0.5) is 0 Å². The molecule has 0 amide bonds. The van der Waals surface area contributed by atoms with E-state index >= 15 is 0 Å². The molecular weight excluding hydrogens is 348 g/mol. The van der Waals surface area contributed by atoms with Gasteiger partial charge in [-0.2, -0.15) is 0 Å². The minimum atomic E-state index is -2.12. The average molecular weight is 385 g/mol. The van der Waals surface area contributed by atoms with Crippen molar-refractivity contribution in [3.05, 3.63) is 29.3 Å². The second-order valence-corrected chi connectivity index (χ2v) is 11.1. The van der Waals surface area contributed by atoms with Gasteiger partial charge in [0.25, 0.3) is 0 Å². The van der Waals surface area contributed by atoms with Crippen molar-refractivity contribution in [3.63, 3.8) is 0 Å². The molecule has 0 spiro atoms. The molecule has 0 atom stereocenters. The van der Waals surface area contributed by atoms with Crippen LogP contribution in [-0.4, -0.2) is 15.2 Å². The molecule has 0 radical (unpaired) electrons. The summed E-state index contributed by atoms with van der Waals surface area (Å²) in [5, 5.41) is 0.702. The Morgan fingerprint density at radius 3 is 1.96 bits per heavy atom. The van der Waals surface area contributed by atoms with E-state index in [4.69, 9.17) is 20.5 Å². The molecular formula is C21H37ClO2Si. The first-order valence-corrected chi connectivity index (χ1v) is 13.3. The minimum Gasteiger partial charge on any atom is -0.520 e. The molecule has 2 nitrogen and oxygen atoms in total. The smallest absolute Gasteiger partial charge is 0.392 e. The van der Waals surface area contributed by atoms with Gasteiger partial charge in [-0.05, 0) is 37.7 Å². The summed E-state index contributed by atoms with van der Waals surface area (Å²) in [6.07, 6.45) is 14.9.